The quantitative estimate of drug-likeness (QED) is 0.853. The largest absolute Gasteiger partial charge is 0.337 e. The van der Waals surface area contributed by atoms with Gasteiger partial charge in [0.05, 0.1) is 0 Å². The molecule has 1 saturated heterocycles. The van der Waals surface area contributed by atoms with E-state index in [1.54, 1.807) is 4.90 Å². The Morgan fingerprint density at radius 3 is 2.57 bits per heavy atom. The Balaban J connectivity index is 2.14. The number of hydrogen-bond donors (Lipinski definition) is 0. The highest BCUT2D eigenvalue weighted by atomic mass is 19.2. The van der Waals surface area contributed by atoms with Crippen LogP contribution in [0.4, 0.5) is 8.78 Å². The van der Waals surface area contributed by atoms with Crippen LogP contribution in [0.1, 0.15) is 30.1 Å². The van der Waals surface area contributed by atoms with Crippen molar-refractivity contribution in [3.05, 3.63) is 35.4 Å². The van der Waals surface area contributed by atoms with E-state index in [9.17, 15) is 13.6 Å². The molecule has 1 heterocycles. The van der Waals surface area contributed by atoms with Crippen molar-refractivity contribution in [2.75, 3.05) is 27.2 Å². The molecule has 1 aliphatic heterocycles. The first-order chi connectivity index (χ1) is 9.93. The smallest absolute Gasteiger partial charge is 0.254 e. The summed E-state index contributed by atoms with van der Waals surface area (Å²) < 4.78 is 26.2. The Morgan fingerprint density at radius 1 is 1.29 bits per heavy atom. The van der Waals surface area contributed by atoms with Gasteiger partial charge in [-0.25, -0.2) is 8.78 Å². The monoisotopic (exact) mass is 296 g/mol. The highest BCUT2D eigenvalue weighted by Gasteiger charge is 2.36. The van der Waals surface area contributed by atoms with Crippen molar-refractivity contribution in [3.63, 3.8) is 0 Å². The Labute approximate surface area is 124 Å². The van der Waals surface area contributed by atoms with Crippen LogP contribution in [0.15, 0.2) is 18.2 Å². The first-order valence-electron chi connectivity index (χ1n) is 7.34. The van der Waals surface area contributed by atoms with Gasteiger partial charge in [-0.05, 0) is 44.6 Å². The number of nitrogens with zero attached hydrogens (tertiary/aromatic N) is 2. The van der Waals surface area contributed by atoms with Crippen molar-refractivity contribution < 1.29 is 13.6 Å². The highest BCUT2D eigenvalue weighted by molar-refractivity contribution is 5.94. The van der Waals surface area contributed by atoms with E-state index in [0.717, 1.165) is 25.0 Å². The molecule has 1 aromatic rings. The zero-order valence-corrected chi connectivity index (χ0v) is 12.8. The Bertz CT molecular complexity index is 519. The molecule has 2 atom stereocenters. The predicted molar refractivity (Wildman–Crippen MR) is 78.1 cm³/mol. The van der Waals surface area contributed by atoms with Crippen LogP contribution in [-0.2, 0) is 0 Å². The lowest BCUT2D eigenvalue weighted by atomic mass is 9.98. The molecule has 0 spiro atoms. The molecule has 0 radical (unpaired) electrons. The summed E-state index contributed by atoms with van der Waals surface area (Å²) in [7, 11) is 4.03. The zero-order chi connectivity index (χ0) is 15.6. The molecule has 1 aliphatic rings. The van der Waals surface area contributed by atoms with Gasteiger partial charge in [-0.3, -0.25) is 4.79 Å². The fourth-order valence-electron chi connectivity index (χ4n) is 3.07. The van der Waals surface area contributed by atoms with Gasteiger partial charge in [0.15, 0.2) is 11.6 Å². The lowest BCUT2D eigenvalue weighted by Gasteiger charge is -2.24. The van der Waals surface area contributed by atoms with Crippen LogP contribution in [-0.4, -0.2) is 48.9 Å². The van der Waals surface area contributed by atoms with Gasteiger partial charge in [-0.2, -0.15) is 0 Å². The number of halogens is 2. The van der Waals surface area contributed by atoms with Gasteiger partial charge in [0.2, 0.25) is 0 Å². The van der Waals surface area contributed by atoms with E-state index in [2.05, 4.69) is 11.8 Å². The highest BCUT2D eigenvalue weighted by Crippen LogP contribution is 2.26. The maximum atomic E-state index is 13.3. The van der Waals surface area contributed by atoms with Crippen LogP contribution in [0.2, 0.25) is 0 Å². The molecule has 0 saturated carbocycles. The van der Waals surface area contributed by atoms with Crippen LogP contribution in [0, 0.1) is 17.6 Å². The topological polar surface area (TPSA) is 23.6 Å². The molecule has 0 unspecified atom stereocenters. The minimum Gasteiger partial charge on any atom is -0.337 e. The van der Waals surface area contributed by atoms with Gasteiger partial charge in [0, 0.05) is 24.7 Å². The van der Waals surface area contributed by atoms with Crippen molar-refractivity contribution >= 4 is 5.91 Å². The van der Waals surface area contributed by atoms with Gasteiger partial charge < -0.3 is 9.80 Å². The Hall–Kier alpha value is -1.49. The third kappa shape index (κ3) is 3.40. The van der Waals surface area contributed by atoms with E-state index in [1.165, 1.54) is 6.07 Å². The summed E-state index contributed by atoms with van der Waals surface area (Å²) in [6, 6.07) is 3.65. The average Bonchev–Trinajstić information content (AvgIpc) is 2.86. The molecule has 0 N–H and O–H groups in total. The second-order valence-electron chi connectivity index (χ2n) is 5.92. The second-order valence-corrected chi connectivity index (χ2v) is 5.92. The third-order valence-corrected chi connectivity index (χ3v) is 4.18. The predicted octanol–water partition coefficient (Wildman–Crippen LogP) is 2.77. The number of likely N-dealkylation sites (tertiary alicyclic amines) is 1. The van der Waals surface area contributed by atoms with Gasteiger partial charge in [-0.1, -0.05) is 13.3 Å². The fraction of sp³-hybridized carbons (Fsp3) is 0.562. The molecule has 0 aliphatic carbocycles. The van der Waals surface area contributed by atoms with Crippen LogP contribution >= 0.6 is 0 Å². The summed E-state index contributed by atoms with van der Waals surface area (Å²) in [5, 5.41) is 0. The van der Waals surface area contributed by atoms with E-state index in [4.69, 9.17) is 0 Å². The number of benzene rings is 1. The molecule has 5 heteroatoms. The van der Waals surface area contributed by atoms with Crippen molar-refractivity contribution in [3.8, 4) is 0 Å². The molecule has 3 nitrogen and oxygen atoms in total. The van der Waals surface area contributed by atoms with E-state index < -0.39 is 11.6 Å². The first kappa shape index (κ1) is 15.9. The summed E-state index contributed by atoms with van der Waals surface area (Å²) in [5.41, 5.74) is 0.212. The van der Waals surface area contributed by atoms with Crippen LogP contribution in [0.25, 0.3) is 0 Å². The van der Waals surface area contributed by atoms with Crippen molar-refractivity contribution in [1.29, 1.82) is 0 Å². The van der Waals surface area contributed by atoms with E-state index in [0.29, 0.717) is 25.0 Å². The number of likely N-dealkylation sites (N-methyl/N-ethyl adjacent to an activating group) is 1. The van der Waals surface area contributed by atoms with E-state index in [1.807, 2.05) is 14.1 Å². The van der Waals surface area contributed by atoms with Crippen LogP contribution in [0.3, 0.4) is 0 Å². The second kappa shape index (κ2) is 6.52. The lowest BCUT2D eigenvalue weighted by molar-refractivity contribution is 0.0780. The summed E-state index contributed by atoms with van der Waals surface area (Å²) in [5.74, 6) is -1.70. The van der Waals surface area contributed by atoms with E-state index in [-0.39, 0.29) is 11.5 Å². The number of hydrogen-bond acceptors (Lipinski definition) is 2. The van der Waals surface area contributed by atoms with Gasteiger partial charge >= 0.3 is 0 Å². The average molecular weight is 296 g/mol. The lowest BCUT2D eigenvalue weighted by Crippen LogP contribution is -2.36. The summed E-state index contributed by atoms with van der Waals surface area (Å²) >= 11 is 0. The minimum absolute atomic E-state index is 0.212. The molecule has 21 heavy (non-hydrogen) atoms. The first-order valence-corrected chi connectivity index (χ1v) is 7.34. The molecular formula is C16H22F2N2O. The Morgan fingerprint density at radius 2 is 2.00 bits per heavy atom. The normalized spacial score (nSPS) is 22.1. The third-order valence-electron chi connectivity index (χ3n) is 4.18. The fourth-order valence-corrected chi connectivity index (χ4v) is 3.07. The standard InChI is InChI=1S/C16H22F2N2O/c1-4-5-12-9-20(10-15(12)19(2)3)16(21)11-6-7-13(17)14(18)8-11/h6-8,12,15H,4-5,9-10H2,1-3H3/t12-,15-/m1/s1. The number of carbonyl (C=O) groups excluding carboxylic acids is 1. The summed E-state index contributed by atoms with van der Waals surface area (Å²) in [6.07, 6.45) is 2.13. The van der Waals surface area contributed by atoms with Gasteiger partial charge in [-0.15, -0.1) is 0 Å². The van der Waals surface area contributed by atoms with E-state index >= 15 is 0 Å². The van der Waals surface area contributed by atoms with Crippen molar-refractivity contribution in [1.82, 2.24) is 9.80 Å². The molecule has 1 aromatic carbocycles. The van der Waals surface area contributed by atoms with Crippen LogP contribution in [0.5, 0.6) is 0 Å². The molecule has 0 aromatic heterocycles. The number of carbonyl (C=O) groups is 1. The molecular weight excluding hydrogens is 274 g/mol. The number of amides is 1. The Kier molecular flexibility index (Phi) is 4.93. The van der Waals surface area contributed by atoms with Gasteiger partial charge in [0.1, 0.15) is 0 Å². The van der Waals surface area contributed by atoms with Crippen molar-refractivity contribution in [2.24, 2.45) is 5.92 Å². The minimum atomic E-state index is -0.977. The summed E-state index contributed by atoms with van der Waals surface area (Å²) in [4.78, 5) is 16.3. The molecule has 1 amide bonds. The molecule has 0 bridgehead atoms. The van der Waals surface area contributed by atoms with Crippen molar-refractivity contribution in [2.45, 2.75) is 25.8 Å². The zero-order valence-electron chi connectivity index (χ0n) is 12.8. The maximum Gasteiger partial charge on any atom is 0.254 e. The summed E-state index contributed by atoms with van der Waals surface area (Å²) in [6.45, 7) is 3.44. The number of rotatable bonds is 4. The SMILES string of the molecule is CCC[C@@H]1CN(C(=O)c2ccc(F)c(F)c2)C[C@H]1N(C)C. The molecule has 1 fully saturated rings. The van der Waals surface area contributed by atoms with Crippen LogP contribution < -0.4 is 0 Å². The maximum absolute atomic E-state index is 13.3. The molecule has 116 valence electrons. The molecule has 2 rings (SSSR count). The van der Waals surface area contributed by atoms with Gasteiger partial charge in [0.25, 0.3) is 5.91 Å².